The summed E-state index contributed by atoms with van der Waals surface area (Å²) in [6, 6.07) is 2.96. The number of hydrogen-bond acceptors (Lipinski definition) is 2. The summed E-state index contributed by atoms with van der Waals surface area (Å²) in [4.78, 5) is 14.4. The lowest BCUT2D eigenvalue weighted by molar-refractivity contribution is 0.0691. The van der Waals surface area contributed by atoms with Crippen LogP contribution in [0.25, 0.3) is 5.69 Å². The van der Waals surface area contributed by atoms with E-state index in [2.05, 4.69) is 20.9 Å². The normalized spacial score (nSPS) is 10.5. The largest absolute Gasteiger partial charge is 0.476 e. The van der Waals surface area contributed by atoms with E-state index in [1.807, 2.05) is 0 Å². The van der Waals surface area contributed by atoms with Gasteiger partial charge < -0.3 is 9.67 Å². The van der Waals surface area contributed by atoms with Crippen molar-refractivity contribution in [1.82, 2.24) is 9.55 Å². The summed E-state index contributed by atoms with van der Waals surface area (Å²) < 4.78 is 15.3. The number of nitrogens with zero attached hydrogens (tertiary/aromatic N) is 2. The molecule has 17 heavy (non-hydrogen) atoms. The number of carboxylic acids is 1. The lowest BCUT2D eigenvalue weighted by Crippen LogP contribution is -1.97. The third kappa shape index (κ3) is 2.21. The summed E-state index contributed by atoms with van der Waals surface area (Å²) >= 11 is 3.09. The maximum Gasteiger partial charge on any atom is 0.356 e. The minimum atomic E-state index is -1.11. The van der Waals surface area contributed by atoms with Gasteiger partial charge in [0.1, 0.15) is 12.1 Å². The number of carboxylic acid groups (broad SMARTS) is 1. The molecule has 4 nitrogen and oxygen atoms in total. The highest BCUT2D eigenvalue weighted by molar-refractivity contribution is 9.10. The summed E-state index contributed by atoms with van der Waals surface area (Å²) in [5.41, 5.74) is 1.30. The standard InChI is InChI=1S/C11H8BrFN2O2/c1-6-2-7(12)8(13)3-10(6)15-4-9(11(16)17)14-5-15/h2-5H,1H3,(H,16,17). The molecule has 0 spiro atoms. The first-order valence-corrected chi connectivity index (χ1v) is 5.51. The quantitative estimate of drug-likeness (QED) is 0.927. The van der Waals surface area contributed by atoms with E-state index in [0.29, 0.717) is 10.2 Å². The number of rotatable bonds is 2. The van der Waals surface area contributed by atoms with Crippen LogP contribution in [0.1, 0.15) is 16.1 Å². The van der Waals surface area contributed by atoms with Crippen LogP contribution in [0, 0.1) is 12.7 Å². The third-order valence-corrected chi connectivity index (χ3v) is 2.93. The predicted octanol–water partition coefficient (Wildman–Crippen LogP) is 2.78. The van der Waals surface area contributed by atoms with Crippen LogP contribution in [0.5, 0.6) is 0 Å². The molecular formula is C11H8BrFN2O2. The Morgan fingerprint density at radius 1 is 1.53 bits per heavy atom. The van der Waals surface area contributed by atoms with E-state index in [-0.39, 0.29) is 5.69 Å². The first kappa shape index (κ1) is 11.8. The van der Waals surface area contributed by atoms with Crippen molar-refractivity contribution in [2.75, 3.05) is 0 Å². The van der Waals surface area contributed by atoms with Gasteiger partial charge in [0.2, 0.25) is 0 Å². The Hall–Kier alpha value is -1.69. The summed E-state index contributed by atoms with van der Waals surface area (Å²) in [5.74, 6) is -1.52. The molecular weight excluding hydrogens is 291 g/mol. The first-order valence-electron chi connectivity index (χ1n) is 4.72. The molecule has 0 saturated carbocycles. The van der Waals surface area contributed by atoms with Crippen molar-refractivity contribution in [3.63, 3.8) is 0 Å². The second-order valence-corrected chi connectivity index (χ2v) is 4.38. The third-order valence-electron chi connectivity index (χ3n) is 2.32. The Morgan fingerprint density at radius 2 is 2.24 bits per heavy atom. The molecule has 0 atom stereocenters. The molecule has 0 saturated heterocycles. The van der Waals surface area contributed by atoms with E-state index in [9.17, 15) is 9.18 Å². The predicted molar refractivity (Wildman–Crippen MR) is 62.9 cm³/mol. The van der Waals surface area contributed by atoms with Gasteiger partial charge in [0.25, 0.3) is 0 Å². The molecule has 2 aromatic rings. The molecule has 1 N–H and O–H groups in total. The van der Waals surface area contributed by atoms with E-state index in [1.54, 1.807) is 13.0 Å². The molecule has 1 aromatic heterocycles. The molecule has 0 aliphatic carbocycles. The van der Waals surface area contributed by atoms with Gasteiger partial charge in [0.15, 0.2) is 5.69 Å². The molecule has 0 aliphatic heterocycles. The highest BCUT2D eigenvalue weighted by Gasteiger charge is 2.11. The fourth-order valence-electron chi connectivity index (χ4n) is 1.48. The number of aromatic carboxylic acids is 1. The molecule has 0 aliphatic rings. The zero-order chi connectivity index (χ0) is 12.6. The maximum atomic E-state index is 13.4. The average Bonchev–Trinajstić information content (AvgIpc) is 2.72. The van der Waals surface area contributed by atoms with Gasteiger partial charge in [-0.25, -0.2) is 14.2 Å². The Morgan fingerprint density at radius 3 is 2.82 bits per heavy atom. The van der Waals surface area contributed by atoms with E-state index >= 15 is 0 Å². The van der Waals surface area contributed by atoms with Crippen molar-refractivity contribution in [3.8, 4) is 5.69 Å². The zero-order valence-corrected chi connectivity index (χ0v) is 10.4. The molecule has 1 heterocycles. The van der Waals surface area contributed by atoms with E-state index in [0.717, 1.165) is 5.56 Å². The Labute approximate surface area is 105 Å². The summed E-state index contributed by atoms with van der Waals surface area (Å²) in [6.45, 7) is 1.81. The van der Waals surface area contributed by atoms with E-state index < -0.39 is 11.8 Å². The molecule has 0 radical (unpaired) electrons. The fraction of sp³-hybridized carbons (Fsp3) is 0.0909. The van der Waals surface area contributed by atoms with Gasteiger partial charge in [0.05, 0.1) is 10.2 Å². The van der Waals surface area contributed by atoms with Crippen molar-refractivity contribution < 1.29 is 14.3 Å². The van der Waals surface area contributed by atoms with Gasteiger partial charge in [0, 0.05) is 6.20 Å². The van der Waals surface area contributed by atoms with Crippen molar-refractivity contribution in [1.29, 1.82) is 0 Å². The van der Waals surface area contributed by atoms with Crippen LogP contribution in [-0.4, -0.2) is 20.6 Å². The monoisotopic (exact) mass is 298 g/mol. The van der Waals surface area contributed by atoms with Crippen molar-refractivity contribution >= 4 is 21.9 Å². The van der Waals surface area contributed by atoms with Crippen LogP contribution in [0.2, 0.25) is 0 Å². The van der Waals surface area contributed by atoms with Gasteiger partial charge in [-0.2, -0.15) is 0 Å². The van der Waals surface area contributed by atoms with Crippen LogP contribution in [0.15, 0.2) is 29.1 Å². The number of aromatic nitrogens is 2. The zero-order valence-electron chi connectivity index (χ0n) is 8.82. The molecule has 6 heteroatoms. The summed E-state index contributed by atoms with van der Waals surface area (Å²) in [5, 5.41) is 8.76. The van der Waals surface area contributed by atoms with Gasteiger partial charge in [-0.15, -0.1) is 0 Å². The van der Waals surface area contributed by atoms with Crippen LogP contribution in [-0.2, 0) is 0 Å². The molecule has 88 valence electrons. The van der Waals surface area contributed by atoms with E-state index in [1.165, 1.54) is 23.2 Å². The highest BCUT2D eigenvalue weighted by atomic mass is 79.9. The van der Waals surface area contributed by atoms with Crippen molar-refractivity contribution in [2.45, 2.75) is 6.92 Å². The molecule has 0 unspecified atom stereocenters. The Balaban J connectivity index is 2.52. The number of imidazole rings is 1. The minimum absolute atomic E-state index is 0.0762. The lowest BCUT2D eigenvalue weighted by atomic mass is 10.2. The molecule has 1 aromatic carbocycles. The smallest absolute Gasteiger partial charge is 0.356 e. The van der Waals surface area contributed by atoms with Crippen LogP contribution >= 0.6 is 15.9 Å². The number of halogens is 2. The highest BCUT2D eigenvalue weighted by Crippen LogP contribution is 2.23. The summed E-state index contributed by atoms with van der Waals surface area (Å²) in [6.07, 6.45) is 2.69. The number of hydrogen-bond donors (Lipinski definition) is 1. The van der Waals surface area contributed by atoms with Gasteiger partial charge in [-0.1, -0.05) is 0 Å². The summed E-state index contributed by atoms with van der Waals surface area (Å²) in [7, 11) is 0. The van der Waals surface area contributed by atoms with Crippen LogP contribution < -0.4 is 0 Å². The van der Waals surface area contributed by atoms with Crippen molar-refractivity contribution in [2.24, 2.45) is 0 Å². The Kier molecular flexibility index (Phi) is 2.97. The molecule has 0 bridgehead atoms. The van der Waals surface area contributed by atoms with Gasteiger partial charge in [-0.3, -0.25) is 0 Å². The molecule has 0 amide bonds. The van der Waals surface area contributed by atoms with Crippen LogP contribution in [0.4, 0.5) is 4.39 Å². The Bertz CT molecular complexity index is 595. The SMILES string of the molecule is Cc1cc(Br)c(F)cc1-n1cnc(C(=O)O)c1. The topological polar surface area (TPSA) is 55.1 Å². The van der Waals surface area contributed by atoms with Crippen LogP contribution in [0.3, 0.4) is 0 Å². The number of carbonyl (C=O) groups is 1. The lowest BCUT2D eigenvalue weighted by Gasteiger charge is -2.07. The molecule has 2 rings (SSSR count). The van der Waals surface area contributed by atoms with Gasteiger partial charge >= 0.3 is 5.97 Å². The second kappa shape index (κ2) is 4.29. The van der Waals surface area contributed by atoms with E-state index in [4.69, 9.17) is 5.11 Å². The minimum Gasteiger partial charge on any atom is -0.476 e. The average molecular weight is 299 g/mol. The van der Waals surface area contributed by atoms with Gasteiger partial charge in [-0.05, 0) is 40.5 Å². The fourth-order valence-corrected chi connectivity index (χ4v) is 1.94. The first-order chi connectivity index (χ1) is 7.99. The van der Waals surface area contributed by atoms with Crippen molar-refractivity contribution in [3.05, 3.63) is 46.2 Å². The second-order valence-electron chi connectivity index (χ2n) is 3.52. The number of aryl methyl sites for hydroxylation is 1. The molecule has 0 fully saturated rings. The number of benzene rings is 1. The maximum absolute atomic E-state index is 13.4.